The van der Waals surface area contributed by atoms with Crippen LogP contribution in [-0.2, 0) is 6.54 Å². The minimum atomic E-state index is -2.78. The van der Waals surface area contributed by atoms with Crippen molar-refractivity contribution in [2.24, 2.45) is 5.92 Å². The molecule has 0 atom stereocenters. The standard InChI is InChI=1S/C14H18BrF2NO/c15-12-5-6-13(19-14(16)17)11(7-12)9-18-8-10-3-1-2-4-10/h5-7,10,14,18H,1-4,8-9H2. The predicted octanol–water partition coefficient (Wildman–Crippen LogP) is 4.33. The normalized spacial score (nSPS) is 16.2. The van der Waals surface area contributed by atoms with Crippen LogP contribution >= 0.6 is 15.9 Å². The van der Waals surface area contributed by atoms with E-state index >= 15 is 0 Å². The van der Waals surface area contributed by atoms with Crippen molar-refractivity contribution in [2.75, 3.05) is 6.54 Å². The topological polar surface area (TPSA) is 21.3 Å². The number of alkyl halides is 2. The molecule has 1 saturated carbocycles. The first-order valence-corrected chi connectivity index (χ1v) is 7.38. The highest BCUT2D eigenvalue weighted by Gasteiger charge is 2.15. The Morgan fingerprint density at radius 1 is 1.32 bits per heavy atom. The maximum Gasteiger partial charge on any atom is 0.387 e. The second-order valence-corrected chi connectivity index (χ2v) is 5.83. The van der Waals surface area contributed by atoms with Gasteiger partial charge in [0.25, 0.3) is 0 Å². The molecule has 1 aromatic carbocycles. The lowest BCUT2D eigenvalue weighted by Crippen LogP contribution is -2.21. The van der Waals surface area contributed by atoms with E-state index in [0.717, 1.165) is 22.5 Å². The van der Waals surface area contributed by atoms with Gasteiger partial charge in [-0.3, -0.25) is 0 Å². The SMILES string of the molecule is FC(F)Oc1ccc(Br)cc1CNCC1CCCC1. The van der Waals surface area contributed by atoms with E-state index in [1.165, 1.54) is 25.7 Å². The monoisotopic (exact) mass is 333 g/mol. The van der Waals surface area contributed by atoms with Gasteiger partial charge in [0.15, 0.2) is 0 Å². The molecule has 0 heterocycles. The third-order valence-electron chi connectivity index (χ3n) is 3.46. The Kier molecular flexibility index (Phi) is 5.58. The van der Waals surface area contributed by atoms with E-state index in [1.54, 1.807) is 12.1 Å². The molecule has 0 aliphatic heterocycles. The summed E-state index contributed by atoms with van der Waals surface area (Å²) < 4.78 is 30.0. The van der Waals surface area contributed by atoms with E-state index in [0.29, 0.717) is 6.54 Å². The minimum absolute atomic E-state index is 0.247. The molecule has 0 amide bonds. The second kappa shape index (κ2) is 7.20. The van der Waals surface area contributed by atoms with Crippen molar-refractivity contribution in [2.45, 2.75) is 38.8 Å². The molecule has 106 valence electrons. The first-order chi connectivity index (χ1) is 9.15. The Hall–Kier alpha value is -0.680. The number of halogens is 3. The van der Waals surface area contributed by atoms with E-state index in [-0.39, 0.29) is 5.75 Å². The van der Waals surface area contributed by atoms with Crippen LogP contribution in [0.15, 0.2) is 22.7 Å². The Morgan fingerprint density at radius 2 is 2.05 bits per heavy atom. The summed E-state index contributed by atoms with van der Waals surface area (Å²) in [5.41, 5.74) is 0.757. The molecular formula is C14H18BrF2NO. The molecule has 1 fully saturated rings. The van der Waals surface area contributed by atoms with Crippen LogP contribution in [0.3, 0.4) is 0 Å². The summed E-state index contributed by atoms with van der Waals surface area (Å²) in [4.78, 5) is 0. The van der Waals surface area contributed by atoms with Gasteiger partial charge in [0.1, 0.15) is 5.75 Å². The van der Waals surface area contributed by atoms with Crippen LogP contribution in [0.25, 0.3) is 0 Å². The number of benzene rings is 1. The number of ether oxygens (including phenoxy) is 1. The zero-order valence-electron chi connectivity index (χ0n) is 10.7. The van der Waals surface area contributed by atoms with E-state index < -0.39 is 6.61 Å². The fraction of sp³-hybridized carbons (Fsp3) is 0.571. The predicted molar refractivity (Wildman–Crippen MR) is 74.4 cm³/mol. The summed E-state index contributed by atoms with van der Waals surface area (Å²) in [5.74, 6) is 0.976. The van der Waals surface area contributed by atoms with Crippen molar-refractivity contribution in [3.05, 3.63) is 28.2 Å². The zero-order chi connectivity index (χ0) is 13.7. The number of hydrogen-bond donors (Lipinski definition) is 1. The lowest BCUT2D eigenvalue weighted by molar-refractivity contribution is -0.0505. The molecule has 1 aliphatic rings. The average Bonchev–Trinajstić information content (AvgIpc) is 2.85. The minimum Gasteiger partial charge on any atom is -0.434 e. The van der Waals surface area contributed by atoms with Gasteiger partial charge in [0, 0.05) is 16.6 Å². The number of nitrogens with one attached hydrogen (secondary N) is 1. The summed E-state index contributed by atoms with van der Waals surface area (Å²) in [5, 5.41) is 3.34. The summed E-state index contributed by atoms with van der Waals surface area (Å²) in [6.45, 7) is -1.28. The number of hydrogen-bond acceptors (Lipinski definition) is 2. The highest BCUT2D eigenvalue weighted by atomic mass is 79.9. The molecule has 1 N–H and O–H groups in total. The lowest BCUT2D eigenvalue weighted by Gasteiger charge is -2.14. The van der Waals surface area contributed by atoms with Gasteiger partial charge in [0.2, 0.25) is 0 Å². The average molecular weight is 334 g/mol. The maximum absolute atomic E-state index is 12.3. The van der Waals surface area contributed by atoms with Crippen LogP contribution in [0.2, 0.25) is 0 Å². The molecule has 1 aliphatic carbocycles. The van der Waals surface area contributed by atoms with Gasteiger partial charge in [-0.2, -0.15) is 8.78 Å². The molecule has 0 unspecified atom stereocenters. The molecule has 5 heteroatoms. The van der Waals surface area contributed by atoms with Gasteiger partial charge in [-0.1, -0.05) is 28.8 Å². The van der Waals surface area contributed by atoms with Gasteiger partial charge in [0.05, 0.1) is 0 Å². The van der Waals surface area contributed by atoms with E-state index in [1.807, 2.05) is 6.07 Å². The number of rotatable bonds is 6. The molecule has 0 spiro atoms. The van der Waals surface area contributed by atoms with E-state index in [4.69, 9.17) is 0 Å². The molecule has 19 heavy (non-hydrogen) atoms. The van der Waals surface area contributed by atoms with Crippen LogP contribution in [0, 0.1) is 5.92 Å². The van der Waals surface area contributed by atoms with Crippen LogP contribution < -0.4 is 10.1 Å². The van der Waals surface area contributed by atoms with E-state index in [9.17, 15) is 8.78 Å². The molecule has 0 bridgehead atoms. The van der Waals surface area contributed by atoms with Crippen LogP contribution in [0.1, 0.15) is 31.2 Å². The van der Waals surface area contributed by atoms with Crippen molar-refractivity contribution in [3.63, 3.8) is 0 Å². The molecule has 2 rings (SSSR count). The summed E-state index contributed by atoms with van der Waals surface area (Å²) in [7, 11) is 0. The highest BCUT2D eigenvalue weighted by molar-refractivity contribution is 9.10. The summed E-state index contributed by atoms with van der Waals surface area (Å²) >= 11 is 3.35. The summed E-state index contributed by atoms with van der Waals surface area (Å²) in [6, 6.07) is 5.10. The molecular weight excluding hydrogens is 316 g/mol. The van der Waals surface area contributed by atoms with Gasteiger partial charge >= 0.3 is 6.61 Å². The Bertz CT molecular complexity index is 408. The lowest BCUT2D eigenvalue weighted by atomic mass is 10.1. The Balaban J connectivity index is 1.91. The fourth-order valence-electron chi connectivity index (χ4n) is 2.52. The fourth-order valence-corrected chi connectivity index (χ4v) is 2.93. The van der Waals surface area contributed by atoms with Gasteiger partial charge in [-0.05, 0) is 43.5 Å². The smallest absolute Gasteiger partial charge is 0.387 e. The van der Waals surface area contributed by atoms with Crippen molar-refractivity contribution in [1.82, 2.24) is 5.32 Å². The second-order valence-electron chi connectivity index (χ2n) is 4.91. The van der Waals surface area contributed by atoms with Gasteiger partial charge in [-0.15, -0.1) is 0 Å². The van der Waals surface area contributed by atoms with Gasteiger partial charge < -0.3 is 10.1 Å². The van der Waals surface area contributed by atoms with Crippen LogP contribution in [-0.4, -0.2) is 13.2 Å². The first kappa shape index (κ1) is 14.7. The maximum atomic E-state index is 12.3. The molecule has 1 aromatic rings. The first-order valence-electron chi connectivity index (χ1n) is 6.59. The van der Waals surface area contributed by atoms with Crippen LogP contribution in [0.5, 0.6) is 5.75 Å². The van der Waals surface area contributed by atoms with Crippen LogP contribution in [0.4, 0.5) is 8.78 Å². The Labute approximate surface area is 120 Å². The van der Waals surface area contributed by atoms with Crippen molar-refractivity contribution >= 4 is 15.9 Å². The Morgan fingerprint density at radius 3 is 2.74 bits per heavy atom. The molecule has 2 nitrogen and oxygen atoms in total. The van der Waals surface area contributed by atoms with Crippen molar-refractivity contribution in [1.29, 1.82) is 0 Å². The van der Waals surface area contributed by atoms with Crippen molar-refractivity contribution < 1.29 is 13.5 Å². The summed E-state index contributed by atoms with van der Waals surface area (Å²) in [6.07, 6.45) is 5.16. The third-order valence-corrected chi connectivity index (χ3v) is 3.96. The molecule has 0 radical (unpaired) electrons. The third kappa shape index (κ3) is 4.73. The zero-order valence-corrected chi connectivity index (χ0v) is 12.3. The largest absolute Gasteiger partial charge is 0.434 e. The van der Waals surface area contributed by atoms with Crippen molar-refractivity contribution in [3.8, 4) is 5.75 Å². The molecule has 0 aromatic heterocycles. The molecule has 0 saturated heterocycles. The highest BCUT2D eigenvalue weighted by Crippen LogP contribution is 2.26. The van der Waals surface area contributed by atoms with Gasteiger partial charge in [-0.25, -0.2) is 0 Å². The van der Waals surface area contributed by atoms with E-state index in [2.05, 4.69) is 26.0 Å². The quantitative estimate of drug-likeness (QED) is 0.836.